The molecule has 0 aromatic rings. The molecule has 2 atom stereocenters. The average molecular weight is 137 g/mol. The summed E-state index contributed by atoms with van der Waals surface area (Å²) in [7, 11) is 0. The maximum atomic E-state index is 5.86. The van der Waals surface area contributed by atoms with Gasteiger partial charge in [-0.15, -0.1) is 0 Å². The van der Waals surface area contributed by atoms with Gasteiger partial charge in [-0.25, -0.2) is 0 Å². The molecule has 0 aromatic carbocycles. The second kappa shape index (κ2) is 2.54. The SMILES string of the molecule is [CH]C1CCN2CCCC2C1. The largest absolute Gasteiger partial charge is 0.300 e. The van der Waals surface area contributed by atoms with Gasteiger partial charge in [0.1, 0.15) is 0 Å². The lowest BCUT2D eigenvalue weighted by atomic mass is 9.93. The normalized spacial score (nSPS) is 41.7. The summed E-state index contributed by atoms with van der Waals surface area (Å²) in [5.74, 6) is 0.499. The van der Waals surface area contributed by atoms with Gasteiger partial charge in [-0.1, -0.05) is 0 Å². The van der Waals surface area contributed by atoms with Gasteiger partial charge in [-0.2, -0.15) is 0 Å². The second-order valence-corrected chi connectivity index (χ2v) is 3.62. The van der Waals surface area contributed by atoms with Gasteiger partial charge < -0.3 is 4.90 Å². The zero-order chi connectivity index (χ0) is 6.97. The molecule has 0 spiro atoms. The van der Waals surface area contributed by atoms with Crippen LogP contribution in [-0.4, -0.2) is 24.0 Å². The number of piperidine rings is 1. The third kappa shape index (κ3) is 1.07. The van der Waals surface area contributed by atoms with Crippen molar-refractivity contribution in [3.8, 4) is 0 Å². The minimum atomic E-state index is 0.499. The van der Waals surface area contributed by atoms with E-state index in [4.69, 9.17) is 6.92 Å². The summed E-state index contributed by atoms with van der Waals surface area (Å²) in [4.78, 5) is 2.60. The van der Waals surface area contributed by atoms with Crippen LogP contribution >= 0.6 is 0 Å². The van der Waals surface area contributed by atoms with Gasteiger partial charge in [0.15, 0.2) is 0 Å². The number of hydrogen-bond donors (Lipinski definition) is 0. The molecular formula is C9H15N. The van der Waals surface area contributed by atoms with Crippen LogP contribution in [0.3, 0.4) is 0 Å². The summed E-state index contributed by atoms with van der Waals surface area (Å²) in [5.41, 5.74) is 0. The van der Waals surface area contributed by atoms with Crippen LogP contribution < -0.4 is 0 Å². The van der Waals surface area contributed by atoms with E-state index in [0.29, 0.717) is 5.92 Å². The predicted octanol–water partition coefficient (Wildman–Crippen LogP) is 1.57. The van der Waals surface area contributed by atoms with Crippen molar-refractivity contribution in [1.29, 1.82) is 0 Å². The first-order valence-corrected chi connectivity index (χ1v) is 4.36. The highest BCUT2D eigenvalue weighted by atomic mass is 15.2. The summed E-state index contributed by atoms with van der Waals surface area (Å²) < 4.78 is 0. The molecule has 2 rings (SSSR count). The van der Waals surface area contributed by atoms with Crippen LogP contribution in [0.5, 0.6) is 0 Å². The molecule has 10 heavy (non-hydrogen) atoms. The lowest BCUT2D eigenvalue weighted by Gasteiger charge is -2.32. The van der Waals surface area contributed by atoms with Crippen molar-refractivity contribution < 1.29 is 0 Å². The molecular weight excluding hydrogens is 122 g/mol. The van der Waals surface area contributed by atoms with Gasteiger partial charge in [-0.05, 0) is 51.6 Å². The molecule has 2 unspecified atom stereocenters. The fourth-order valence-corrected chi connectivity index (χ4v) is 2.26. The van der Waals surface area contributed by atoms with Crippen molar-refractivity contribution in [2.75, 3.05) is 13.1 Å². The molecule has 0 bridgehead atoms. The van der Waals surface area contributed by atoms with Crippen molar-refractivity contribution in [3.63, 3.8) is 0 Å². The van der Waals surface area contributed by atoms with E-state index in [2.05, 4.69) is 4.90 Å². The Labute approximate surface area is 63.4 Å². The van der Waals surface area contributed by atoms with Crippen molar-refractivity contribution >= 4 is 0 Å². The Balaban J connectivity index is 1.96. The standard InChI is InChI=1S/C9H15N/c1-8-4-6-10-5-2-3-9(10)7-8/h1,8-9H,2-7H2. The van der Waals surface area contributed by atoms with E-state index in [-0.39, 0.29) is 0 Å². The van der Waals surface area contributed by atoms with E-state index in [1.807, 2.05) is 0 Å². The Kier molecular flexibility index (Phi) is 1.69. The summed E-state index contributed by atoms with van der Waals surface area (Å²) in [5, 5.41) is 0. The Hall–Kier alpha value is -0.0400. The highest BCUT2D eigenvalue weighted by Gasteiger charge is 2.29. The summed E-state index contributed by atoms with van der Waals surface area (Å²) in [6, 6.07) is 0.851. The van der Waals surface area contributed by atoms with E-state index < -0.39 is 0 Å². The minimum absolute atomic E-state index is 0.499. The smallest absolute Gasteiger partial charge is 0.00984 e. The van der Waals surface area contributed by atoms with Crippen LogP contribution in [0.15, 0.2) is 0 Å². The Morgan fingerprint density at radius 1 is 1.20 bits per heavy atom. The maximum absolute atomic E-state index is 5.86. The molecule has 0 amide bonds. The average Bonchev–Trinajstić information content (AvgIpc) is 2.33. The van der Waals surface area contributed by atoms with Crippen LogP contribution in [0.2, 0.25) is 0 Å². The molecule has 0 saturated carbocycles. The molecule has 0 N–H and O–H groups in total. The van der Waals surface area contributed by atoms with E-state index in [9.17, 15) is 0 Å². The molecule has 0 aliphatic carbocycles. The number of hydrogen-bond acceptors (Lipinski definition) is 1. The molecule has 2 radical (unpaired) electrons. The van der Waals surface area contributed by atoms with E-state index in [1.165, 1.54) is 38.8 Å². The number of rotatable bonds is 0. The van der Waals surface area contributed by atoms with Crippen molar-refractivity contribution in [1.82, 2.24) is 4.90 Å². The van der Waals surface area contributed by atoms with Gasteiger partial charge >= 0.3 is 0 Å². The topological polar surface area (TPSA) is 3.24 Å². The Morgan fingerprint density at radius 3 is 3.00 bits per heavy atom. The molecule has 2 aliphatic rings. The number of nitrogens with zero attached hydrogens (tertiary/aromatic N) is 1. The lowest BCUT2D eigenvalue weighted by Crippen LogP contribution is -2.37. The highest BCUT2D eigenvalue weighted by Crippen LogP contribution is 2.29. The maximum Gasteiger partial charge on any atom is 0.00984 e. The van der Waals surface area contributed by atoms with Crippen LogP contribution in [0, 0.1) is 12.8 Å². The zero-order valence-corrected chi connectivity index (χ0v) is 6.42. The summed E-state index contributed by atoms with van der Waals surface area (Å²) in [6.45, 7) is 8.45. The van der Waals surface area contributed by atoms with Gasteiger partial charge in [0.05, 0.1) is 0 Å². The second-order valence-electron chi connectivity index (χ2n) is 3.62. The van der Waals surface area contributed by atoms with Gasteiger partial charge in [0, 0.05) is 6.04 Å². The molecule has 2 heterocycles. The summed E-state index contributed by atoms with van der Waals surface area (Å²) in [6.07, 6.45) is 5.27. The zero-order valence-electron chi connectivity index (χ0n) is 6.42. The molecule has 2 saturated heterocycles. The van der Waals surface area contributed by atoms with Crippen LogP contribution in [-0.2, 0) is 0 Å². The van der Waals surface area contributed by atoms with Crippen LogP contribution in [0.4, 0.5) is 0 Å². The molecule has 2 fully saturated rings. The lowest BCUT2D eigenvalue weighted by molar-refractivity contribution is 0.170. The third-order valence-electron chi connectivity index (χ3n) is 2.86. The quantitative estimate of drug-likeness (QED) is 0.490. The van der Waals surface area contributed by atoms with Gasteiger partial charge in [0.25, 0.3) is 0 Å². The summed E-state index contributed by atoms with van der Waals surface area (Å²) >= 11 is 0. The molecule has 2 aliphatic heterocycles. The highest BCUT2D eigenvalue weighted by molar-refractivity contribution is 4.86. The molecule has 56 valence electrons. The minimum Gasteiger partial charge on any atom is -0.300 e. The van der Waals surface area contributed by atoms with Crippen molar-refractivity contribution in [2.45, 2.75) is 31.7 Å². The Morgan fingerprint density at radius 2 is 2.10 bits per heavy atom. The first-order valence-electron chi connectivity index (χ1n) is 4.36. The molecule has 1 nitrogen and oxygen atoms in total. The Bertz CT molecular complexity index is 122. The van der Waals surface area contributed by atoms with E-state index >= 15 is 0 Å². The first-order chi connectivity index (χ1) is 4.86. The van der Waals surface area contributed by atoms with E-state index in [0.717, 1.165) is 6.04 Å². The third-order valence-corrected chi connectivity index (χ3v) is 2.86. The fourth-order valence-electron chi connectivity index (χ4n) is 2.26. The van der Waals surface area contributed by atoms with Crippen LogP contribution in [0.1, 0.15) is 25.7 Å². The first kappa shape index (κ1) is 6.66. The number of fused-ring (bicyclic) bond motifs is 1. The van der Waals surface area contributed by atoms with Gasteiger partial charge in [0.2, 0.25) is 0 Å². The predicted molar refractivity (Wildman–Crippen MR) is 41.6 cm³/mol. The molecule has 1 heteroatoms. The molecule has 0 aromatic heterocycles. The van der Waals surface area contributed by atoms with Crippen molar-refractivity contribution in [3.05, 3.63) is 6.92 Å². The van der Waals surface area contributed by atoms with Gasteiger partial charge in [-0.3, -0.25) is 0 Å². The van der Waals surface area contributed by atoms with Crippen LogP contribution in [0.25, 0.3) is 0 Å². The fraction of sp³-hybridized carbons (Fsp3) is 0.889. The monoisotopic (exact) mass is 137 g/mol. The van der Waals surface area contributed by atoms with E-state index in [1.54, 1.807) is 0 Å². The van der Waals surface area contributed by atoms with Crippen molar-refractivity contribution in [2.24, 2.45) is 5.92 Å².